The molecule has 1 aromatic heterocycles. The van der Waals surface area contributed by atoms with Crippen LogP contribution in [-0.2, 0) is 4.79 Å². The number of hydrogen-bond acceptors (Lipinski definition) is 4. The van der Waals surface area contributed by atoms with E-state index in [1.807, 2.05) is 30.3 Å². The van der Waals surface area contributed by atoms with E-state index in [0.29, 0.717) is 28.5 Å². The Morgan fingerprint density at radius 1 is 1.10 bits per heavy atom. The summed E-state index contributed by atoms with van der Waals surface area (Å²) < 4.78 is 1.74. The number of ketones is 1. The molecule has 30 heavy (non-hydrogen) atoms. The first-order valence-electron chi connectivity index (χ1n) is 9.84. The zero-order valence-electron chi connectivity index (χ0n) is 16.1. The van der Waals surface area contributed by atoms with E-state index in [0.717, 1.165) is 29.7 Å². The van der Waals surface area contributed by atoms with Crippen molar-refractivity contribution in [2.45, 2.75) is 25.3 Å². The summed E-state index contributed by atoms with van der Waals surface area (Å²) in [6.07, 6.45) is 3.65. The van der Waals surface area contributed by atoms with E-state index in [1.165, 1.54) is 0 Å². The molecular weight excluding hydrogens is 400 g/mol. The van der Waals surface area contributed by atoms with Crippen LogP contribution in [0.3, 0.4) is 0 Å². The molecule has 0 bridgehead atoms. The van der Waals surface area contributed by atoms with Crippen LogP contribution in [0.1, 0.15) is 41.2 Å². The molecule has 0 saturated carbocycles. The largest absolute Gasteiger partial charge is 0.343 e. The maximum absolute atomic E-state index is 13.0. The fourth-order valence-corrected chi connectivity index (χ4v) is 4.23. The monoisotopic (exact) mass is 418 g/mol. The van der Waals surface area contributed by atoms with Crippen molar-refractivity contribution >= 4 is 34.8 Å². The number of hydrogen-bond donors (Lipinski definition) is 2. The van der Waals surface area contributed by atoms with Gasteiger partial charge in [0.1, 0.15) is 17.4 Å². The van der Waals surface area contributed by atoms with Gasteiger partial charge in [-0.15, -0.1) is 0 Å². The Labute approximate surface area is 178 Å². The fraction of sp³-hybridized carbons (Fsp3) is 0.174. The van der Waals surface area contributed by atoms with Gasteiger partial charge in [-0.2, -0.15) is 5.10 Å². The van der Waals surface area contributed by atoms with Crippen LogP contribution in [0.2, 0.25) is 5.02 Å². The zero-order valence-corrected chi connectivity index (χ0v) is 16.8. The molecule has 1 atom stereocenters. The van der Waals surface area contributed by atoms with Crippen LogP contribution in [0, 0.1) is 0 Å². The second-order valence-corrected chi connectivity index (χ2v) is 7.86. The van der Waals surface area contributed by atoms with Crippen molar-refractivity contribution in [1.82, 2.24) is 9.78 Å². The summed E-state index contributed by atoms with van der Waals surface area (Å²) in [6, 6.07) is 16.4. The first-order valence-corrected chi connectivity index (χ1v) is 10.2. The number of nitrogens with zero attached hydrogens (tertiary/aromatic N) is 2. The predicted molar refractivity (Wildman–Crippen MR) is 116 cm³/mol. The number of allylic oxidation sites excluding steroid dienone is 2. The molecule has 0 spiro atoms. The third-order valence-corrected chi connectivity index (χ3v) is 5.75. The Morgan fingerprint density at radius 3 is 2.63 bits per heavy atom. The predicted octanol–water partition coefficient (Wildman–Crippen LogP) is 4.81. The minimum atomic E-state index is -0.345. The van der Waals surface area contributed by atoms with E-state index >= 15 is 0 Å². The van der Waals surface area contributed by atoms with Gasteiger partial charge in [-0.3, -0.25) is 9.59 Å². The number of carbonyl (C=O) groups excluding carboxylic acids is 2. The van der Waals surface area contributed by atoms with E-state index in [1.54, 1.807) is 35.1 Å². The highest BCUT2D eigenvalue weighted by molar-refractivity contribution is 6.30. The smallest absolute Gasteiger partial charge is 0.261 e. The number of halogens is 1. The van der Waals surface area contributed by atoms with Crippen molar-refractivity contribution in [3.05, 3.63) is 88.2 Å². The molecular formula is C23H19ClN4O2. The molecule has 2 aromatic carbocycles. The molecule has 6 nitrogen and oxygen atoms in total. The Balaban J connectivity index is 1.56. The molecule has 2 aliphatic rings. The number of Topliss-reactive ketones (excluding diaryl/α,β-unsaturated/α-hetero) is 1. The van der Waals surface area contributed by atoms with Gasteiger partial charge in [0, 0.05) is 28.4 Å². The van der Waals surface area contributed by atoms with Crippen LogP contribution in [0.4, 0.5) is 11.5 Å². The summed E-state index contributed by atoms with van der Waals surface area (Å²) >= 11 is 5.92. The first kappa shape index (κ1) is 18.6. The van der Waals surface area contributed by atoms with Crippen LogP contribution in [0.5, 0.6) is 0 Å². The van der Waals surface area contributed by atoms with Crippen molar-refractivity contribution in [2.75, 3.05) is 10.6 Å². The maximum atomic E-state index is 13.0. The van der Waals surface area contributed by atoms with Gasteiger partial charge in [0.25, 0.3) is 5.91 Å². The summed E-state index contributed by atoms with van der Waals surface area (Å²) in [5, 5.41) is 11.3. The molecule has 5 rings (SSSR count). The maximum Gasteiger partial charge on any atom is 0.261 e. The third-order valence-electron chi connectivity index (χ3n) is 5.50. The number of carbonyl (C=O) groups is 2. The summed E-state index contributed by atoms with van der Waals surface area (Å²) in [4.78, 5) is 25.8. The number of benzene rings is 2. The number of aromatic nitrogens is 2. The third kappa shape index (κ3) is 3.19. The van der Waals surface area contributed by atoms with Gasteiger partial charge in [-0.05, 0) is 42.7 Å². The van der Waals surface area contributed by atoms with Crippen molar-refractivity contribution in [2.24, 2.45) is 0 Å². The van der Waals surface area contributed by atoms with Gasteiger partial charge >= 0.3 is 0 Å². The lowest BCUT2D eigenvalue weighted by molar-refractivity contribution is -0.116. The molecule has 2 heterocycles. The second-order valence-electron chi connectivity index (χ2n) is 7.42. The van der Waals surface area contributed by atoms with Crippen LogP contribution in [0.15, 0.2) is 72.1 Å². The minimum Gasteiger partial charge on any atom is -0.343 e. The average Bonchev–Trinajstić information content (AvgIpc) is 3.18. The highest BCUT2D eigenvalue weighted by Gasteiger charge is 2.37. The molecule has 0 unspecified atom stereocenters. The lowest BCUT2D eigenvalue weighted by Crippen LogP contribution is -2.32. The second kappa shape index (κ2) is 7.46. The van der Waals surface area contributed by atoms with Crippen molar-refractivity contribution in [3.8, 4) is 0 Å². The van der Waals surface area contributed by atoms with Gasteiger partial charge in [-0.1, -0.05) is 41.9 Å². The lowest BCUT2D eigenvalue weighted by atomic mass is 9.85. The van der Waals surface area contributed by atoms with Gasteiger partial charge in [-0.25, -0.2) is 4.68 Å². The molecule has 0 fully saturated rings. The van der Waals surface area contributed by atoms with E-state index in [4.69, 9.17) is 11.6 Å². The molecule has 7 heteroatoms. The standard InChI is InChI=1S/C23H19ClN4O2/c24-15-9-11-16(12-10-15)26-23(30)17-13-25-28-21(14-5-2-1-3-6-14)20-18(27-22(17)28)7-4-8-19(20)29/h1-3,5-6,9-13,21,27H,4,7-8H2,(H,26,30)/t21-/m0/s1. The Morgan fingerprint density at radius 2 is 1.87 bits per heavy atom. The lowest BCUT2D eigenvalue weighted by Gasteiger charge is -2.33. The Bertz CT molecular complexity index is 1170. The Hall–Kier alpha value is -3.38. The molecule has 0 radical (unpaired) electrons. The quantitative estimate of drug-likeness (QED) is 0.640. The molecule has 1 aliphatic carbocycles. The summed E-state index contributed by atoms with van der Waals surface area (Å²) in [5.41, 5.74) is 3.67. The number of amides is 1. The van der Waals surface area contributed by atoms with Crippen LogP contribution < -0.4 is 10.6 Å². The number of rotatable bonds is 3. The Kier molecular flexibility index (Phi) is 4.64. The number of anilines is 2. The number of nitrogens with one attached hydrogen (secondary N) is 2. The van der Waals surface area contributed by atoms with E-state index in [2.05, 4.69) is 15.7 Å². The molecule has 0 saturated heterocycles. The van der Waals surface area contributed by atoms with Crippen LogP contribution in [0.25, 0.3) is 0 Å². The summed E-state index contributed by atoms with van der Waals surface area (Å²) in [5.74, 6) is 0.457. The van der Waals surface area contributed by atoms with Crippen molar-refractivity contribution in [1.29, 1.82) is 0 Å². The normalized spacial score (nSPS) is 17.8. The van der Waals surface area contributed by atoms with Gasteiger partial charge in [0.15, 0.2) is 5.78 Å². The summed E-state index contributed by atoms with van der Waals surface area (Å²) in [7, 11) is 0. The highest BCUT2D eigenvalue weighted by atomic mass is 35.5. The van der Waals surface area contributed by atoms with Crippen LogP contribution >= 0.6 is 11.6 Å². The fourth-order valence-electron chi connectivity index (χ4n) is 4.10. The van der Waals surface area contributed by atoms with Crippen molar-refractivity contribution in [3.63, 3.8) is 0 Å². The molecule has 2 N–H and O–H groups in total. The van der Waals surface area contributed by atoms with Gasteiger partial charge in [0.2, 0.25) is 0 Å². The molecule has 150 valence electrons. The first-order chi connectivity index (χ1) is 14.6. The van der Waals surface area contributed by atoms with Crippen molar-refractivity contribution < 1.29 is 9.59 Å². The molecule has 3 aromatic rings. The van der Waals surface area contributed by atoms with E-state index in [9.17, 15) is 9.59 Å². The highest BCUT2D eigenvalue weighted by Crippen LogP contribution is 2.41. The average molecular weight is 419 g/mol. The van der Waals surface area contributed by atoms with E-state index in [-0.39, 0.29) is 17.7 Å². The van der Waals surface area contributed by atoms with Gasteiger partial charge in [0.05, 0.1) is 6.20 Å². The summed E-state index contributed by atoms with van der Waals surface area (Å²) in [6.45, 7) is 0. The topological polar surface area (TPSA) is 76.0 Å². The SMILES string of the molecule is O=C1CCCC2=C1[C@H](c1ccccc1)n1ncc(C(=O)Nc3ccc(Cl)cc3)c1N2. The van der Waals surface area contributed by atoms with Gasteiger partial charge < -0.3 is 10.6 Å². The minimum absolute atomic E-state index is 0.130. The zero-order chi connectivity index (χ0) is 20.7. The van der Waals surface area contributed by atoms with Crippen LogP contribution in [-0.4, -0.2) is 21.5 Å². The molecule has 1 amide bonds. The van der Waals surface area contributed by atoms with E-state index < -0.39 is 0 Å². The molecule has 1 aliphatic heterocycles. The number of fused-ring (bicyclic) bond motifs is 1.